The van der Waals surface area contributed by atoms with Crippen LogP contribution < -0.4 is 10.6 Å². The van der Waals surface area contributed by atoms with Crippen LogP contribution in [0.15, 0.2) is 54.7 Å². The van der Waals surface area contributed by atoms with Crippen LogP contribution in [0.3, 0.4) is 0 Å². The van der Waals surface area contributed by atoms with Crippen molar-refractivity contribution in [1.82, 2.24) is 9.97 Å². The summed E-state index contributed by atoms with van der Waals surface area (Å²) >= 11 is 0. The lowest BCUT2D eigenvalue weighted by molar-refractivity contribution is 0.102. The van der Waals surface area contributed by atoms with Gasteiger partial charge < -0.3 is 10.6 Å². The van der Waals surface area contributed by atoms with Crippen LogP contribution >= 0.6 is 0 Å². The Kier molecular flexibility index (Phi) is 5.76. The van der Waals surface area contributed by atoms with Gasteiger partial charge in [-0.15, -0.1) is 0 Å². The Morgan fingerprint density at radius 1 is 1.00 bits per heavy atom. The Labute approximate surface area is 157 Å². The number of para-hydroxylation sites is 2. The Bertz CT molecular complexity index is 936. The highest BCUT2D eigenvalue weighted by atomic mass is 19.1. The zero-order chi connectivity index (χ0) is 19.2. The van der Waals surface area contributed by atoms with E-state index in [-0.39, 0.29) is 11.4 Å². The van der Waals surface area contributed by atoms with Gasteiger partial charge in [0.15, 0.2) is 0 Å². The maximum absolute atomic E-state index is 13.7. The third-order valence-electron chi connectivity index (χ3n) is 4.25. The fourth-order valence-corrected chi connectivity index (χ4v) is 2.81. The van der Waals surface area contributed by atoms with Gasteiger partial charge >= 0.3 is 0 Å². The fourth-order valence-electron chi connectivity index (χ4n) is 2.81. The zero-order valence-corrected chi connectivity index (χ0v) is 15.3. The molecule has 0 bridgehead atoms. The number of anilines is 3. The standard InChI is InChI=1S/C21H21FN4O/c1-3-14-8-7-9-15(4-2)19(14)26-21-23-13-12-18(25-21)20(27)24-17-11-6-5-10-16(17)22/h5-13H,3-4H2,1-2H3,(H,24,27)(H,23,25,26). The summed E-state index contributed by atoms with van der Waals surface area (Å²) in [5.41, 5.74) is 3.54. The summed E-state index contributed by atoms with van der Waals surface area (Å²) in [6, 6.07) is 13.6. The molecule has 0 aliphatic heterocycles. The lowest BCUT2D eigenvalue weighted by atomic mass is 10.0. The first-order chi connectivity index (χ1) is 13.1. The van der Waals surface area contributed by atoms with E-state index in [0.29, 0.717) is 5.95 Å². The number of aromatic nitrogens is 2. The summed E-state index contributed by atoms with van der Waals surface area (Å²) in [7, 11) is 0. The minimum atomic E-state index is -0.497. The number of nitrogens with zero attached hydrogens (tertiary/aromatic N) is 2. The minimum absolute atomic E-state index is 0.111. The Morgan fingerprint density at radius 3 is 2.37 bits per heavy atom. The first-order valence-electron chi connectivity index (χ1n) is 8.89. The number of nitrogens with one attached hydrogen (secondary N) is 2. The third-order valence-corrected chi connectivity index (χ3v) is 4.25. The van der Waals surface area contributed by atoms with Gasteiger partial charge in [0.25, 0.3) is 5.91 Å². The van der Waals surface area contributed by atoms with Crippen LogP contribution in [0.5, 0.6) is 0 Å². The van der Waals surface area contributed by atoms with Crippen LogP contribution in [0.1, 0.15) is 35.5 Å². The van der Waals surface area contributed by atoms with Gasteiger partial charge in [0.2, 0.25) is 5.95 Å². The van der Waals surface area contributed by atoms with E-state index in [4.69, 9.17) is 0 Å². The lowest BCUT2D eigenvalue weighted by Gasteiger charge is -2.14. The molecular weight excluding hydrogens is 343 g/mol. The molecule has 1 heterocycles. The van der Waals surface area contributed by atoms with E-state index in [0.717, 1.165) is 29.7 Å². The summed E-state index contributed by atoms with van der Waals surface area (Å²) < 4.78 is 13.7. The van der Waals surface area contributed by atoms with Gasteiger partial charge in [-0.1, -0.05) is 44.2 Å². The molecule has 3 aromatic rings. The molecule has 0 aliphatic carbocycles. The van der Waals surface area contributed by atoms with Crippen molar-refractivity contribution in [2.45, 2.75) is 26.7 Å². The van der Waals surface area contributed by atoms with Gasteiger partial charge in [-0.2, -0.15) is 0 Å². The van der Waals surface area contributed by atoms with Crippen molar-refractivity contribution in [3.05, 3.63) is 77.4 Å². The zero-order valence-electron chi connectivity index (χ0n) is 15.3. The predicted octanol–water partition coefficient (Wildman–Crippen LogP) is 4.74. The van der Waals surface area contributed by atoms with E-state index < -0.39 is 11.7 Å². The molecule has 1 amide bonds. The van der Waals surface area contributed by atoms with Crippen molar-refractivity contribution in [3.8, 4) is 0 Å². The number of carbonyl (C=O) groups is 1. The molecule has 27 heavy (non-hydrogen) atoms. The first-order valence-corrected chi connectivity index (χ1v) is 8.89. The molecule has 0 spiro atoms. The van der Waals surface area contributed by atoms with Crippen molar-refractivity contribution < 1.29 is 9.18 Å². The summed E-state index contributed by atoms with van der Waals surface area (Å²) in [6.45, 7) is 4.16. The summed E-state index contributed by atoms with van der Waals surface area (Å²) in [5.74, 6) is -0.667. The second-order valence-corrected chi connectivity index (χ2v) is 5.98. The van der Waals surface area contributed by atoms with E-state index in [9.17, 15) is 9.18 Å². The number of rotatable bonds is 6. The number of halogens is 1. The number of amides is 1. The Hall–Kier alpha value is -3.28. The van der Waals surface area contributed by atoms with Crippen molar-refractivity contribution in [2.75, 3.05) is 10.6 Å². The molecule has 0 aliphatic rings. The number of benzene rings is 2. The highest BCUT2D eigenvalue weighted by Crippen LogP contribution is 2.25. The first kappa shape index (κ1) is 18.5. The molecule has 6 heteroatoms. The Morgan fingerprint density at radius 2 is 1.70 bits per heavy atom. The van der Waals surface area contributed by atoms with E-state index in [1.165, 1.54) is 24.4 Å². The summed E-state index contributed by atoms with van der Waals surface area (Å²) in [4.78, 5) is 20.9. The molecule has 5 nitrogen and oxygen atoms in total. The lowest BCUT2D eigenvalue weighted by Crippen LogP contribution is -2.15. The van der Waals surface area contributed by atoms with Gasteiger partial charge in [0.05, 0.1) is 5.69 Å². The summed E-state index contributed by atoms with van der Waals surface area (Å²) in [6.07, 6.45) is 3.24. The van der Waals surface area contributed by atoms with Crippen LogP contribution in [0, 0.1) is 5.82 Å². The van der Waals surface area contributed by atoms with E-state index in [2.05, 4.69) is 46.6 Å². The van der Waals surface area contributed by atoms with Crippen LogP contribution in [0.4, 0.5) is 21.7 Å². The van der Waals surface area contributed by atoms with Crippen LogP contribution in [-0.4, -0.2) is 15.9 Å². The molecule has 0 saturated carbocycles. The van der Waals surface area contributed by atoms with E-state index in [1.54, 1.807) is 12.1 Å². The third kappa shape index (κ3) is 4.28. The molecule has 0 atom stereocenters. The SMILES string of the molecule is CCc1cccc(CC)c1Nc1nccc(C(=O)Nc2ccccc2F)n1. The van der Waals surface area contributed by atoms with Crippen molar-refractivity contribution in [1.29, 1.82) is 0 Å². The normalized spacial score (nSPS) is 10.5. The van der Waals surface area contributed by atoms with Gasteiger partial charge in [0.1, 0.15) is 11.5 Å². The molecule has 138 valence electrons. The molecule has 0 unspecified atom stereocenters. The van der Waals surface area contributed by atoms with E-state index in [1.807, 2.05) is 6.07 Å². The van der Waals surface area contributed by atoms with Gasteiger partial charge in [-0.3, -0.25) is 4.79 Å². The fraction of sp³-hybridized carbons (Fsp3) is 0.190. The molecule has 0 saturated heterocycles. The van der Waals surface area contributed by atoms with Gasteiger partial charge in [-0.05, 0) is 42.2 Å². The van der Waals surface area contributed by atoms with Crippen LogP contribution in [-0.2, 0) is 12.8 Å². The topological polar surface area (TPSA) is 66.9 Å². The number of hydrogen-bond acceptors (Lipinski definition) is 4. The highest BCUT2D eigenvalue weighted by Gasteiger charge is 2.13. The van der Waals surface area contributed by atoms with Gasteiger partial charge in [0, 0.05) is 11.9 Å². The maximum atomic E-state index is 13.7. The molecule has 0 fully saturated rings. The van der Waals surface area contributed by atoms with E-state index >= 15 is 0 Å². The number of carbonyl (C=O) groups excluding carboxylic acids is 1. The van der Waals surface area contributed by atoms with Crippen LogP contribution in [0.2, 0.25) is 0 Å². The highest BCUT2D eigenvalue weighted by molar-refractivity contribution is 6.03. The monoisotopic (exact) mass is 364 g/mol. The second kappa shape index (κ2) is 8.40. The van der Waals surface area contributed by atoms with Crippen molar-refractivity contribution >= 4 is 23.2 Å². The molecule has 3 rings (SSSR count). The molecule has 1 aromatic heterocycles. The smallest absolute Gasteiger partial charge is 0.274 e. The summed E-state index contributed by atoms with van der Waals surface area (Å²) in [5, 5.41) is 5.77. The number of hydrogen-bond donors (Lipinski definition) is 2. The molecule has 0 radical (unpaired) electrons. The predicted molar refractivity (Wildman–Crippen MR) is 105 cm³/mol. The second-order valence-electron chi connectivity index (χ2n) is 5.98. The van der Waals surface area contributed by atoms with Crippen molar-refractivity contribution in [2.24, 2.45) is 0 Å². The van der Waals surface area contributed by atoms with Crippen molar-refractivity contribution in [3.63, 3.8) is 0 Å². The Balaban J connectivity index is 1.84. The molecule has 2 aromatic carbocycles. The van der Waals surface area contributed by atoms with Gasteiger partial charge in [-0.25, -0.2) is 14.4 Å². The van der Waals surface area contributed by atoms with Crippen LogP contribution in [0.25, 0.3) is 0 Å². The largest absolute Gasteiger partial charge is 0.324 e. The molecule has 2 N–H and O–H groups in total. The molecular formula is C21H21FN4O. The maximum Gasteiger partial charge on any atom is 0.274 e. The average Bonchev–Trinajstić information content (AvgIpc) is 2.70. The average molecular weight is 364 g/mol. The number of aryl methyl sites for hydroxylation is 2. The minimum Gasteiger partial charge on any atom is -0.324 e. The quantitative estimate of drug-likeness (QED) is 0.663.